The number of rotatable bonds is 5. The first-order valence-corrected chi connectivity index (χ1v) is 7.72. The van der Waals surface area contributed by atoms with Crippen molar-refractivity contribution in [2.75, 3.05) is 12.4 Å². The van der Waals surface area contributed by atoms with Gasteiger partial charge in [0.15, 0.2) is 0 Å². The third kappa shape index (κ3) is 3.61. The lowest BCUT2D eigenvalue weighted by molar-refractivity contribution is -0.116. The van der Waals surface area contributed by atoms with Crippen molar-refractivity contribution < 1.29 is 9.53 Å². The number of anilines is 1. The number of ether oxygens (including phenoxy) is 1. The number of hydrogen-bond donors (Lipinski definition) is 1. The van der Waals surface area contributed by atoms with Crippen molar-refractivity contribution in [1.82, 2.24) is 14.3 Å². The van der Waals surface area contributed by atoms with Crippen molar-refractivity contribution >= 4 is 11.6 Å². The highest BCUT2D eigenvalue weighted by Crippen LogP contribution is 2.18. The maximum atomic E-state index is 12.5. The van der Waals surface area contributed by atoms with Gasteiger partial charge in [-0.3, -0.25) is 14.3 Å². The molecular weight excluding hydrogens is 322 g/mol. The summed E-state index contributed by atoms with van der Waals surface area (Å²) in [5.41, 5.74) is 2.76. The number of nitrogens with zero attached hydrogens (tertiary/aromatic N) is 4. The lowest BCUT2D eigenvalue weighted by Gasteiger charge is -2.13. The fraction of sp³-hybridized carbons (Fsp3) is 0.412. The number of hydrogen-bond acceptors (Lipinski definition) is 5. The quantitative estimate of drug-likeness (QED) is 0.878. The van der Waals surface area contributed by atoms with Crippen LogP contribution in [0, 0.1) is 32.1 Å². The zero-order valence-corrected chi connectivity index (χ0v) is 15.0. The molecule has 0 spiro atoms. The Hall–Kier alpha value is -2.92. The maximum absolute atomic E-state index is 12.5. The molecule has 8 heteroatoms. The van der Waals surface area contributed by atoms with E-state index >= 15 is 0 Å². The Morgan fingerprint density at radius 2 is 2.08 bits per heavy atom. The van der Waals surface area contributed by atoms with Crippen LogP contribution in [0.15, 0.2) is 10.9 Å². The summed E-state index contributed by atoms with van der Waals surface area (Å²) in [5.74, 6) is -0.354. The lowest BCUT2D eigenvalue weighted by Crippen LogP contribution is -2.31. The van der Waals surface area contributed by atoms with E-state index < -0.39 is 5.56 Å². The molecule has 1 N–H and O–H groups in total. The molecule has 2 rings (SSSR count). The van der Waals surface area contributed by atoms with Gasteiger partial charge in [0.1, 0.15) is 18.2 Å². The highest BCUT2D eigenvalue weighted by Gasteiger charge is 2.17. The number of pyridine rings is 1. The minimum absolute atomic E-state index is 0.00557. The minimum atomic E-state index is -0.496. The van der Waals surface area contributed by atoms with Crippen LogP contribution in [-0.4, -0.2) is 27.4 Å². The van der Waals surface area contributed by atoms with E-state index in [4.69, 9.17) is 4.74 Å². The van der Waals surface area contributed by atoms with Crippen LogP contribution >= 0.6 is 0 Å². The summed E-state index contributed by atoms with van der Waals surface area (Å²) in [7, 11) is 3.29. The Balaban J connectivity index is 2.32. The maximum Gasteiger partial charge on any atom is 0.269 e. The van der Waals surface area contributed by atoms with Gasteiger partial charge in [-0.15, -0.1) is 0 Å². The number of aryl methyl sites for hydroxylation is 3. The topological polar surface area (TPSA) is 102 Å². The van der Waals surface area contributed by atoms with Crippen molar-refractivity contribution in [3.05, 3.63) is 44.6 Å². The Labute approximate surface area is 145 Å². The average molecular weight is 343 g/mol. The van der Waals surface area contributed by atoms with E-state index in [9.17, 15) is 14.9 Å². The zero-order valence-electron chi connectivity index (χ0n) is 15.0. The summed E-state index contributed by atoms with van der Waals surface area (Å²) in [6.07, 6.45) is 0. The highest BCUT2D eigenvalue weighted by atomic mass is 16.5. The zero-order chi connectivity index (χ0) is 18.7. The molecule has 0 saturated heterocycles. The molecule has 0 fully saturated rings. The monoisotopic (exact) mass is 343 g/mol. The Morgan fingerprint density at radius 1 is 1.40 bits per heavy atom. The largest absolute Gasteiger partial charge is 0.380 e. The van der Waals surface area contributed by atoms with Crippen molar-refractivity contribution in [2.45, 2.75) is 33.9 Å². The van der Waals surface area contributed by atoms with Gasteiger partial charge in [0.25, 0.3) is 5.56 Å². The number of nitrogens with one attached hydrogen (secondary N) is 1. The summed E-state index contributed by atoms with van der Waals surface area (Å²) in [6.45, 7) is 5.35. The molecule has 2 heterocycles. The smallest absolute Gasteiger partial charge is 0.269 e. The molecule has 25 heavy (non-hydrogen) atoms. The summed E-state index contributed by atoms with van der Waals surface area (Å²) in [6, 6.07) is 3.59. The molecule has 1 amide bonds. The molecule has 2 aromatic rings. The van der Waals surface area contributed by atoms with E-state index in [0.717, 1.165) is 5.69 Å². The van der Waals surface area contributed by atoms with Crippen LogP contribution in [0.4, 0.5) is 5.69 Å². The number of carbonyl (C=O) groups excluding carboxylic acids is 1. The van der Waals surface area contributed by atoms with Crippen LogP contribution in [0.3, 0.4) is 0 Å². The molecule has 0 aliphatic rings. The first kappa shape index (κ1) is 18.4. The second kappa shape index (κ2) is 7.32. The molecule has 0 aromatic carbocycles. The van der Waals surface area contributed by atoms with E-state index in [0.29, 0.717) is 22.6 Å². The van der Waals surface area contributed by atoms with Gasteiger partial charge in [-0.05, 0) is 26.8 Å². The van der Waals surface area contributed by atoms with Crippen molar-refractivity contribution in [1.29, 1.82) is 5.26 Å². The SMILES string of the molecule is COCc1cc(C)n(CC(=O)Nc2c(C)nn(C)c2C)c(=O)c1C#N. The first-order valence-electron chi connectivity index (χ1n) is 7.72. The highest BCUT2D eigenvalue weighted by molar-refractivity contribution is 5.91. The normalized spacial score (nSPS) is 10.6. The minimum Gasteiger partial charge on any atom is -0.380 e. The predicted molar refractivity (Wildman–Crippen MR) is 92.2 cm³/mol. The molecule has 0 aliphatic heterocycles. The van der Waals surface area contributed by atoms with Gasteiger partial charge in [-0.2, -0.15) is 10.4 Å². The molecule has 0 bridgehead atoms. The van der Waals surface area contributed by atoms with Crippen molar-refractivity contribution in [3.63, 3.8) is 0 Å². The molecule has 0 radical (unpaired) electrons. The summed E-state index contributed by atoms with van der Waals surface area (Å²) in [5, 5.41) is 16.3. The first-order chi connectivity index (χ1) is 11.8. The number of nitriles is 1. The number of amides is 1. The van der Waals surface area contributed by atoms with Gasteiger partial charge in [-0.1, -0.05) is 0 Å². The Morgan fingerprint density at radius 3 is 2.60 bits per heavy atom. The molecule has 0 aliphatic carbocycles. The molecule has 0 saturated carbocycles. The summed E-state index contributed by atoms with van der Waals surface area (Å²) >= 11 is 0. The summed E-state index contributed by atoms with van der Waals surface area (Å²) in [4.78, 5) is 24.9. The van der Waals surface area contributed by atoms with Crippen LogP contribution < -0.4 is 10.9 Å². The third-order valence-corrected chi connectivity index (χ3v) is 4.08. The fourth-order valence-electron chi connectivity index (χ4n) is 2.70. The van der Waals surface area contributed by atoms with Crippen LogP contribution in [0.5, 0.6) is 0 Å². The number of aromatic nitrogens is 3. The van der Waals surface area contributed by atoms with E-state index in [1.165, 1.54) is 11.7 Å². The average Bonchev–Trinajstić information content (AvgIpc) is 2.78. The molecule has 2 aromatic heterocycles. The Bertz CT molecular complexity index is 918. The molecule has 8 nitrogen and oxygen atoms in total. The molecular formula is C17H21N5O3. The second-order valence-corrected chi connectivity index (χ2v) is 5.84. The van der Waals surface area contributed by atoms with E-state index in [2.05, 4.69) is 10.4 Å². The van der Waals surface area contributed by atoms with Crippen LogP contribution in [0.2, 0.25) is 0 Å². The number of methoxy groups -OCH3 is 1. The van der Waals surface area contributed by atoms with Crippen LogP contribution in [0.1, 0.15) is 28.2 Å². The predicted octanol–water partition coefficient (Wildman–Crippen LogP) is 1.16. The van der Waals surface area contributed by atoms with E-state index in [-0.39, 0.29) is 24.6 Å². The third-order valence-electron chi connectivity index (χ3n) is 4.08. The lowest BCUT2D eigenvalue weighted by atomic mass is 10.1. The van der Waals surface area contributed by atoms with E-state index in [1.807, 2.05) is 13.0 Å². The number of carbonyl (C=O) groups is 1. The van der Waals surface area contributed by atoms with Crippen LogP contribution in [-0.2, 0) is 29.7 Å². The van der Waals surface area contributed by atoms with Gasteiger partial charge < -0.3 is 14.6 Å². The molecule has 132 valence electrons. The van der Waals surface area contributed by atoms with Gasteiger partial charge in [0.05, 0.1) is 23.7 Å². The summed E-state index contributed by atoms with van der Waals surface area (Å²) < 4.78 is 7.98. The van der Waals surface area contributed by atoms with Crippen molar-refractivity contribution in [3.8, 4) is 6.07 Å². The van der Waals surface area contributed by atoms with Gasteiger partial charge in [0, 0.05) is 25.4 Å². The van der Waals surface area contributed by atoms with E-state index in [1.54, 1.807) is 31.6 Å². The van der Waals surface area contributed by atoms with Gasteiger partial charge in [0.2, 0.25) is 5.91 Å². The van der Waals surface area contributed by atoms with Gasteiger partial charge >= 0.3 is 0 Å². The second-order valence-electron chi connectivity index (χ2n) is 5.84. The fourth-order valence-corrected chi connectivity index (χ4v) is 2.70. The van der Waals surface area contributed by atoms with Gasteiger partial charge in [-0.25, -0.2) is 0 Å². The Kier molecular flexibility index (Phi) is 5.39. The molecule has 0 unspecified atom stereocenters. The molecule has 0 atom stereocenters. The van der Waals surface area contributed by atoms with Crippen molar-refractivity contribution in [2.24, 2.45) is 7.05 Å². The standard InChI is InChI=1S/C17H21N5O3/c1-10-6-13(9-25-5)14(7-18)17(24)22(10)8-15(23)19-16-11(2)20-21(4)12(16)3/h6H,8-9H2,1-5H3,(H,19,23). The van der Waals surface area contributed by atoms with Crippen LogP contribution in [0.25, 0.3) is 0 Å².